The Balaban J connectivity index is 2.13. The van der Waals surface area contributed by atoms with Crippen LogP contribution < -0.4 is 9.64 Å². The minimum atomic E-state index is -0.490. The molecule has 0 radical (unpaired) electrons. The number of rotatable bonds is 5. The minimum Gasteiger partial charge on any atom is -0.496 e. The topological polar surface area (TPSA) is 45.6 Å². The Morgan fingerprint density at radius 3 is 2.60 bits per heavy atom. The number of pyridine rings is 1. The molecule has 2 aromatic rings. The number of methoxy groups -OCH3 is 1. The molecule has 0 saturated carbocycles. The van der Waals surface area contributed by atoms with Gasteiger partial charge >= 0.3 is 0 Å². The molecule has 0 saturated heterocycles. The van der Waals surface area contributed by atoms with Gasteiger partial charge in [-0.2, -0.15) is 0 Å². The van der Waals surface area contributed by atoms with E-state index in [1.165, 1.54) is 0 Å². The maximum absolute atomic E-state index is 9.49. The first kappa shape index (κ1) is 14.3. The van der Waals surface area contributed by atoms with Crippen LogP contribution in [0.5, 0.6) is 5.75 Å². The number of benzene rings is 1. The highest BCUT2D eigenvalue weighted by molar-refractivity contribution is 5.42. The summed E-state index contributed by atoms with van der Waals surface area (Å²) in [5.74, 6) is 1.74. The predicted molar refractivity (Wildman–Crippen MR) is 80.0 cm³/mol. The van der Waals surface area contributed by atoms with Crippen molar-refractivity contribution >= 4 is 5.82 Å². The van der Waals surface area contributed by atoms with Crippen LogP contribution in [0.2, 0.25) is 0 Å². The second-order valence-corrected chi connectivity index (χ2v) is 4.79. The second kappa shape index (κ2) is 6.39. The van der Waals surface area contributed by atoms with E-state index in [2.05, 4.69) is 4.98 Å². The Hall–Kier alpha value is -2.07. The third kappa shape index (κ3) is 3.27. The van der Waals surface area contributed by atoms with Crippen LogP contribution in [0.15, 0.2) is 42.6 Å². The van der Waals surface area contributed by atoms with Gasteiger partial charge in [-0.3, -0.25) is 0 Å². The maximum atomic E-state index is 9.49. The first-order chi connectivity index (χ1) is 9.61. The van der Waals surface area contributed by atoms with E-state index >= 15 is 0 Å². The Labute approximate surface area is 119 Å². The first-order valence-electron chi connectivity index (χ1n) is 6.59. The fourth-order valence-electron chi connectivity index (χ4n) is 2.04. The largest absolute Gasteiger partial charge is 0.496 e. The molecule has 2 rings (SSSR count). The lowest BCUT2D eigenvalue weighted by Gasteiger charge is -2.20. The molecule has 1 N–H and O–H groups in total. The molecule has 0 spiro atoms. The Morgan fingerprint density at radius 1 is 1.25 bits per heavy atom. The van der Waals surface area contributed by atoms with Crippen LogP contribution in [0, 0.1) is 0 Å². The number of aromatic nitrogens is 1. The zero-order valence-electron chi connectivity index (χ0n) is 12.1. The molecule has 4 nitrogen and oxygen atoms in total. The van der Waals surface area contributed by atoms with Gasteiger partial charge in [0.1, 0.15) is 11.6 Å². The predicted octanol–water partition coefficient (Wildman–Crippen LogP) is 2.78. The number of nitrogens with zero attached hydrogens (tertiary/aromatic N) is 2. The van der Waals surface area contributed by atoms with E-state index in [0.717, 1.165) is 22.7 Å². The van der Waals surface area contributed by atoms with Crippen LogP contribution in [0.3, 0.4) is 0 Å². The van der Waals surface area contributed by atoms with E-state index in [9.17, 15) is 5.11 Å². The molecule has 0 fully saturated rings. The van der Waals surface area contributed by atoms with Crippen molar-refractivity contribution in [2.75, 3.05) is 19.1 Å². The molecule has 1 unspecified atom stereocenters. The van der Waals surface area contributed by atoms with Crippen LogP contribution in [-0.4, -0.2) is 24.2 Å². The van der Waals surface area contributed by atoms with Crippen LogP contribution in [0.4, 0.5) is 5.82 Å². The molecule has 0 aliphatic heterocycles. The standard InChI is InChI=1S/C16H20N2O2/c1-12(19)13-8-9-16(17-10-13)18(2)11-14-6-4-5-7-15(14)20-3/h4-10,12,19H,11H2,1-3H3. The number of hydrogen-bond donors (Lipinski definition) is 1. The average molecular weight is 272 g/mol. The Kier molecular flexibility index (Phi) is 4.58. The summed E-state index contributed by atoms with van der Waals surface area (Å²) >= 11 is 0. The van der Waals surface area contributed by atoms with Gasteiger partial charge in [-0.1, -0.05) is 24.3 Å². The molecule has 1 atom stereocenters. The van der Waals surface area contributed by atoms with Crippen molar-refractivity contribution in [3.8, 4) is 5.75 Å². The summed E-state index contributed by atoms with van der Waals surface area (Å²) in [6.07, 6.45) is 1.22. The number of aliphatic hydroxyl groups excluding tert-OH is 1. The molecule has 0 amide bonds. The lowest BCUT2D eigenvalue weighted by molar-refractivity contribution is 0.199. The van der Waals surface area contributed by atoms with Crippen molar-refractivity contribution in [1.29, 1.82) is 0 Å². The first-order valence-corrected chi connectivity index (χ1v) is 6.59. The Morgan fingerprint density at radius 2 is 2.00 bits per heavy atom. The molecule has 1 heterocycles. The molecule has 1 aromatic heterocycles. The molecule has 4 heteroatoms. The molecule has 20 heavy (non-hydrogen) atoms. The van der Waals surface area contributed by atoms with Gasteiger partial charge in [0.15, 0.2) is 0 Å². The SMILES string of the molecule is COc1ccccc1CN(C)c1ccc(C(C)O)cn1. The van der Waals surface area contributed by atoms with Gasteiger partial charge in [0.05, 0.1) is 13.2 Å². The van der Waals surface area contributed by atoms with E-state index < -0.39 is 6.10 Å². The Bertz CT molecular complexity index is 553. The highest BCUT2D eigenvalue weighted by Crippen LogP contribution is 2.21. The highest BCUT2D eigenvalue weighted by Gasteiger charge is 2.08. The second-order valence-electron chi connectivity index (χ2n) is 4.79. The van der Waals surface area contributed by atoms with Gasteiger partial charge in [0.25, 0.3) is 0 Å². The molecular formula is C16H20N2O2. The third-order valence-corrected chi connectivity index (χ3v) is 3.24. The van der Waals surface area contributed by atoms with E-state index in [-0.39, 0.29) is 0 Å². The van der Waals surface area contributed by atoms with Crippen molar-refractivity contribution < 1.29 is 9.84 Å². The molecule has 0 aliphatic rings. The van der Waals surface area contributed by atoms with Gasteiger partial charge in [-0.15, -0.1) is 0 Å². The van der Waals surface area contributed by atoms with Gasteiger partial charge in [0, 0.05) is 25.4 Å². The van der Waals surface area contributed by atoms with Crippen molar-refractivity contribution in [3.05, 3.63) is 53.7 Å². The number of aliphatic hydroxyl groups is 1. The smallest absolute Gasteiger partial charge is 0.128 e. The van der Waals surface area contributed by atoms with E-state index in [0.29, 0.717) is 6.54 Å². The lowest BCUT2D eigenvalue weighted by Crippen LogP contribution is -2.18. The van der Waals surface area contributed by atoms with Gasteiger partial charge in [0.2, 0.25) is 0 Å². The number of ether oxygens (including phenoxy) is 1. The zero-order valence-corrected chi connectivity index (χ0v) is 12.1. The van der Waals surface area contributed by atoms with Crippen LogP contribution in [-0.2, 0) is 6.54 Å². The molecule has 106 valence electrons. The summed E-state index contributed by atoms with van der Waals surface area (Å²) in [5, 5.41) is 9.49. The van der Waals surface area contributed by atoms with E-state index in [1.54, 1.807) is 20.2 Å². The average Bonchev–Trinajstić information content (AvgIpc) is 2.48. The zero-order chi connectivity index (χ0) is 14.5. The highest BCUT2D eigenvalue weighted by atomic mass is 16.5. The fourth-order valence-corrected chi connectivity index (χ4v) is 2.04. The summed E-state index contributed by atoms with van der Waals surface area (Å²) < 4.78 is 5.35. The number of anilines is 1. The number of hydrogen-bond acceptors (Lipinski definition) is 4. The van der Waals surface area contributed by atoms with E-state index in [4.69, 9.17) is 4.74 Å². The summed E-state index contributed by atoms with van der Waals surface area (Å²) in [6, 6.07) is 11.8. The van der Waals surface area contributed by atoms with Crippen LogP contribution in [0.25, 0.3) is 0 Å². The molecule has 0 bridgehead atoms. The van der Waals surface area contributed by atoms with Gasteiger partial charge < -0.3 is 14.7 Å². The summed E-state index contributed by atoms with van der Waals surface area (Å²) in [5.41, 5.74) is 1.93. The summed E-state index contributed by atoms with van der Waals surface area (Å²) in [4.78, 5) is 6.42. The maximum Gasteiger partial charge on any atom is 0.128 e. The molecule has 0 aliphatic carbocycles. The van der Waals surface area contributed by atoms with Crippen molar-refractivity contribution in [2.24, 2.45) is 0 Å². The third-order valence-electron chi connectivity index (χ3n) is 3.24. The summed E-state index contributed by atoms with van der Waals surface area (Å²) in [6.45, 7) is 2.44. The molecule has 1 aromatic carbocycles. The molecular weight excluding hydrogens is 252 g/mol. The van der Waals surface area contributed by atoms with Gasteiger partial charge in [-0.25, -0.2) is 4.98 Å². The van der Waals surface area contributed by atoms with Crippen LogP contribution >= 0.6 is 0 Å². The minimum absolute atomic E-state index is 0.490. The van der Waals surface area contributed by atoms with E-state index in [1.807, 2.05) is 48.3 Å². The monoisotopic (exact) mass is 272 g/mol. The normalized spacial score (nSPS) is 12.0. The number of para-hydroxylation sites is 1. The van der Waals surface area contributed by atoms with Crippen molar-refractivity contribution in [3.63, 3.8) is 0 Å². The van der Waals surface area contributed by atoms with Gasteiger partial charge in [-0.05, 0) is 24.6 Å². The van der Waals surface area contributed by atoms with Crippen molar-refractivity contribution in [1.82, 2.24) is 4.98 Å². The lowest BCUT2D eigenvalue weighted by atomic mass is 10.1. The van der Waals surface area contributed by atoms with Crippen molar-refractivity contribution in [2.45, 2.75) is 19.6 Å². The summed E-state index contributed by atoms with van der Waals surface area (Å²) in [7, 11) is 3.66. The fraction of sp³-hybridized carbons (Fsp3) is 0.312. The quantitative estimate of drug-likeness (QED) is 0.909. The van der Waals surface area contributed by atoms with Crippen LogP contribution in [0.1, 0.15) is 24.2 Å².